The number of carbonyl (C=O) groups is 1. The molecule has 2 aliphatic heterocycles. The van der Waals surface area contributed by atoms with Crippen molar-refractivity contribution < 1.29 is 33.0 Å². The second-order valence-corrected chi connectivity index (χ2v) is 12.0. The van der Waals surface area contributed by atoms with Crippen molar-refractivity contribution in [3.63, 3.8) is 0 Å². The average molecular weight is 617 g/mol. The number of aliphatic hydroxyl groups excluding tert-OH is 1. The molecule has 0 radical (unpaired) electrons. The number of imidazole rings is 1. The summed E-state index contributed by atoms with van der Waals surface area (Å²) < 4.78 is 38.0. The summed E-state index contributed by atoms with van der Waals surface area (Å²) in [7, 11) is -4.26. The van der Waals surface area contributed by atoms with Crippen LogP contribution in [0.15, 0.2) is 41.8 Å². The third kappa shape index (κ3) is 6.09. The summed E-state index contributed by atoms with van der Waals surface area (Å²) in [5.74, 6) is 0.124. The SMILES string of the molecule is CCOC(=O)[C@H](C)NP(=O)(OC[C@H]1O[C@@H](n2cnc3c(N4CCC4)nc(N)nc32)[C@](C)(N=[N+]=[N-])[C@@H]1O)Oc1ccccc1. The highest BCUT2D eigenvalue weighted by molar-refractivity contribution is 7.52. The first-order valence-corrected chi connectivity index (χ1v) is 15.2. The van der Waals surface area contributed by atoms with Gasteiger partial charge in [0.2, 0.25) is 5.95 Å². The number of fused-ring (bicyclic) bond motifs is 1. The number of hydrogen-bond donors (Lipinski definition) is 3. The van der Waals surface area contributed by atoms with Gasteiger partial charge in [-0.1, -0.05) is 23.3 Å². The van der Waals surface area contributed by atoms with Gasteiger partial charge in [-0.15, -0.1) is 0 Å². The molecule has 0 aliphatic carbocycles. The number of nitrogens with two attached hydrogens (primary N) is 1. The predicted octanol–water partition coefficient (Wildman–Crippen LogP) is 2.69. The second-order valence-electron chi connectivity index (χ2n) is 10.3. The molecule has 2 fully saturated rings. The number of anilines is 2. The number of carbonyl (C=O) groups excluding carboxylic acids is 1. The fraction of sp³-hybridized carbons (Fsp3) is 0.520. The first kappa shape index (κ1) is 30.5. The maximum Gasteiger partial charge on any atom is 0.459 e. The maximum absolute atomic E-state index is 13.9. The minimum Gasteiger partial charge on any atom is -0.465 e. The van der Waals surface area contributed by atoms with Crippen LogP contribution in [0.5, 0.6) is 5.75 Å². The number of azide groups is 1. The van der Waals surface area contributed by atoms with Crippen LogP contribution in [0.2, 0.25) is 0 Å². The van der Waals surface area contributed by atoms with E-state index in [2.05, 4.69) is 30.1 Å². The van der Waals surface area contributed by atoms with Gasteiger partial charge in [-0.2, -0.15) is 15.1 Å². The van der Waals surface area contributed by atoms with Gasteiger partial charge in [0.25, 0.3) is 0 Å². The summed E-state index contributed by atoms with van der Waals surface area (Å²) in [6.07, 6.45) is -1.27. The van der Waals surface area contributed by atoms with Gasteiger partial charge in [0, 0.05) is 18.0 Å². The molecule has 6 atom stereocenters. The number of nitrogens with zero attached hydrogens (tertiary/aromatic N) is 8. The van der Waals surface area contributed by atoms with Crippen molar-refractivity contribution in [2.45, 2.75) is 57.2 Å². The normalized spacial score (nSPS) is 25.4. The van der Waals surface area contributed by atoms with Crippen molar-refractivity contribution in [2.24, 2.45) is 5.11 Å². The lowest BCUT2D eigenvalue weighted by atomic mass is 9.93. The first-order chi connectivity index (χ1) is 20.6. The van der Waals surface area contributed by atoms with Crippen molar-refractivity contribution in [1.29, 1.82) is 0 Å². The molecule has 4 N–H and O–H groups in total. The fourth-order valence-corrected chi connectivity index (χ4v) is 6.36. The molecule has 1 aromatic carbocycles. The molecule has 4 heterocycles. The van der Waals surface area contributed by atoms with E-state index in [1.165, 1.54) is 24.7 Å². The third-order valence-electron chi connectivity index (χ3n) is 7.21. The van der Waals surface area contributed by atoms with Crippen molar-refractivity contribution in [3.05, 3.63) is 47.1 Å². The van der Waals surface area contributed by atoms with Gasteiger partial charge in [0.15, 0.2) is 23.2 Å². The number of hydrogen-bond acceptors (Lipinski definition) is 13. The first-order valence-electron chi connectivity index (χ1n) is 13.7. The number of ether oxygens (including phenoxy) is 2. The highest BCUT2D eigenvalue weighted by atomic mass is 31.2. The molecule has 2 aromatic heterocycles. The lowest BCUT2D eigenvalue weighted by Gasteiger charge is -2.32. The average Bonchev–Trinajstić information content (AvgIpc) is 3.45. The van der Waals surface area contributed by atoms with Crippen LogP contribution >= 0.6 is 7.75 Å². The Morgan fingerprint density at radius 2 is 2.12 bits per heavy atom. The molecule has 0 bridgehead atoms. The summed E-state index contributed by atoms with van der Waals surface area (Å²) in [6, 6.07) is 7.16. The van der Waals surface area contributed by atoms with Gasteiger partial charge < -0.3 is 29.7 Å². The van der Waals surface area contributed by atoms with Gasteiger partial charge in [-0.05, 0) is 44.9 Å². The van der Waals surface area contributed by atoms with Crippen molar-refractivity contribution >= 4 is 36.6 Å². The Morgan fingerprint density at radius 1 is 1.37 bits per heavy atom. The summed E-state index contributed by atoms with van der Waals surface area (Å²) in [6.45, 7) is 5.83. The van der Waals surface area contributed by atoms with E-state index in [1.54, 1.807) is 37.3 Å². The zero-order valence-electron chi connectivity index (χ0n) is 23.8. The monoisotopic (exact) mass is 616 g/mol. The highest BCUT2D eigenvalue weighted by Crippen LogP contribution is 2.48. The van der Waals surface area contributed by atoms with Crippen LogP contribution in [-0.2, 0) is 23.4 Å². The molecule has 2 aliphatic rings. The fourth-order valence-electron chi connectivity index (χ4n) is 4.86. The number of nitrogens with one attached hydrogen (secondary N) is 1. The van der Waals surface area contributed by atoms with Gasteiger partial charge in [0.1, 0.15) is 23.4 Å². The zero-order valence-corrected chi connectivity index (χ0v) is 24.7. The number of aromatic nitrogens is 4. The molecule has 18 heteroatoms. The molecule has 0 amide bonds. The molecule has 3 aromatic rings. The van der Waals surface area contributed by atoms with Crippen molar-refractivity contribution in [1.82, 2.24) is 24.6 Å². The quantitative estimate of drug-likeness (QED) is 0.0876. The van der Waals surface area contributed by atoms with Crippen molar-refractivity contribution in [3.8, 4) is 5.75 Å². The maximum atomic E-state index is 13.9. The summed E-state index contributed by atoms with van der Waals surface area (Å²) in [5, 5.41) is 17.8. The number of aliphatic hydroxyl groups is 1. The van der Waals surface area contributed by atoms with E-state index in [-0.39, 0.29) is 18.3 Å². The lowest BCUT2D eigenvalue weighted by molar-refractivity contribution is -0.144. The number of para-hydroxylation sites is 1. The standard InChI is InChI=1S/C25H33N10O7P/c1-4-39-22(37)15(2)31-43(38,42-16-9-6-5-7-10-16)40-13-17-19(36)25(3,32-33-27)23(41-17)35-14-28-18-20(34-11-8-12-34)29-24(26)30-21(18)35/h5-7,9-10,14-15,17,19,23,36H,4,8,11-13H2,1-3H3,(H,31,38)(H2,26,29,30)/t15-,17+,19+,23+,25+,43?/m0/s1. The minimum absolute atomic E-state index is 0.0147. The van der Waals surface area contributed by atoms with Gasteiger partial charge >= 0.3 is 13.7 Å². The van der Waals surface area contributed by atoms with Gasteiger partial charge in [0.05, 0.1) is 25.6 Å². The van der Waals surface area contributed by atoms with E-state index < -0.39 is 50.3 Å². The van der Waals surface area contributed by atoms with E-state index in [0.717, 1.165) is 19.5 Å². The zero-order chi connectivity index (χ0) is 30.8. The number of nitrogen functional groups attached to an aromatic ring is 1. The van der Waals surface area contributed by atoms with E-state index >= 15 is 0 Å². The summed E-state index contributed by atoms with van der Waals surface area (Å²) in [4.78, 5) is 30.4. The molecule has 0 saturated carbocycles. The Morgan fingerprint density at radius 3 is 2.77 bits per heavy atom. The largest absolute Gasteiger partial charge is 0.465 e. The highest BCUT2D eigenvalue weighted by Gasteiger charge is 2.55. The smallest absolute Gasteiger partial charge is 0.459 e. The van der Waals surface area contributed by atoms with Crippen LogP contribution in [0.1, 0.15) is 33.4 Å². The summed E-state index contributed by atoms with van der Waals surface area (Å²) in [5.41, 5.74) is 14.6. The van der Waals surface area contributed by atoms with E-state index in [1.807, 2.05) is 4.90 Å². The Bertz CT molecular complexity index is 1560. The number of rotatable bonds is 12. The molecule has 43 heavy (non-hydrogen) atoms. The summed E-state index contributed by atoms with van der Waals surface area (Å²) >= 11 is 0. The Kier molecular flexibility index (Phi) is 8.74. The number of benzene rings is 1. The molecule has 230 valence electrons. The Balaban J connectivity index is 1.42. The molecule has 2 saturated heterocycles. The molecular formula is C25H33N10O7P. The molecule has 1 unspecified atom stereocenters. The molecule has 17 nitrogen and oxygen atoms in total. The van der Waals surface area contributed by atoms with Crippen LogP contribution in [0.25, 0.3) is 21.6 Å². The van der Waals surface area contributed by atoms with Crippen LogP contribution in [0, 0.1) is 0 Å². The third-order valence-corrected chi connectivity index (χ3v) is 8.86. The Labute approximate surface area is 246 Å². The van der Waals surface area contributed by atoms with Gasteiger partial charge in [-0.25, -0.2) is 9.55 Å². The van der Waals surface area contributed by atoms with Crippen molar-refractivity contribution in [2.75, 3.05) is 36.9 Å². The van der Waals surface area contributed by atoms with Gasteiger partial charge in [-0.3, -0.25) is 13.9 Å². The van der Waals surface area contributed by atoms with E-state index in [0.29, 0.717) is 17.0 Å². The van der Waals surface area contributed by atoms with Crippen LogP contribution in [0.3, 0.4) is 0 Å². The Hall–Kier alpha value is -3.98. The van der Waals surface area contributed by atoms with Crippen LogP contribution < -0.4 is 20.2 Å². The molecular weight excluding hydrogens is 583 g/mol. The predicted molar refractivity (Wildman–Crippen MR) is 154 cm³/mol. The second kappa shape index (κ2) is 12.3. The minimum atomic E-state index is -4.26. The molecule has 0 spiro atoms. The van der Waals surface area contributed by atoms with Crippen LogP contribution in [0.4, 0.5) is 11.8 Å². The topological polar surface area (TPSA) is 225 Å². The van der Waals surface area contributed by atoms with E-state index in [4.69, 9.17) is 24.3 Å². The van der Waals surface area contributed by atoms with Crippen LogP contribution in [-0.4, -0.2) is 80.7 Å². The van der Waals surface area contributed by atoms with E-state index in [9.17, 15) is 20.0 Å². The molecule has 5 rings (SSSR count). The lowest BCUT2D eigenvalue weighted by Crippen LogP contribution is -2.43. The number of esters is 1.